The second-order valence-corrected chi connectivity index (χ2v) is 14.6. The van der Waals surface area contributed by atoms with E-state index in [1.54, 1.807) is 30.1 Å². The Morgan fingerprint density at radius 2 is 1.46 bits per heavy atom. The number of nitrogens with zero attached hydrogens (tertiary/aromatic N) is 4. The van der Waals surface area contributed by atoms with E-state index in [0.717, 1.165) is 50.0 Å². The maximum Gasteiger partial charge on any atom is 0.319 e. The molecule has 0 radical (unpaired) electrons. The lowest BCUT2D eigenvalue weighted by Gasteiger charge is -2.44. The number of urea groups is 1. The van der Waals surface area contributed by atoms with Gasteiger partial charge in [-0.05, 0) is 61.2 Å². The van der Waals surface area contributed by atoms with Gasteiger partial charge in [0.25, 0.3) is 5.91 Å². The maximum atomic E-state index is 13.8. The lowest BCUT2D eigenvalue weighted by atomic mass is 9.80. The van der Waals surface area contributed by atoms with Crippen molar-refractivity contribution in [1.82, 2.24) is 24.9 Å². The number of amides is 3. The van der Waals surface area contributed by atoms with E-state index in [4.69, 9.17) is 42.1 Å². The van der Waals surface area contributed by atoms with Gasteiger partial charge in [0, 0.05) is 64.3 Å². The molecule has 12 nitrogen and oxygen atoms in total. The second kappa shape index (κ2) is 18.9. The first-order valence-corrected chi connectivity index (χ1v) is 18.9. The number of likely N-dealkylation sites (tertiary alicyclic amines) is 1. The highest BCUT2D eigenvalue weighted by Crippen LogP contribution is 2.39. The van der Waals surface area contributed by atoms with E-state index in [1.807, 2.05) is 40.1 Å². The summed E-state index contributed by atoms with van der Waals surface area (Å²) in [6.07, 6.45) is 2.23. The molecule has 2 fully saturated rings. The Morgan fingerprint density at radius 1 is 0.815 bits per heavy atom. The molecule has 2 saturated heterocycles. The molecule has 1 unspecified atom stereocenters. The number of hydrogen-bond acceptors (Lipinski definition) is 9. The van der Waals surface area contributed by atoms with Crippen LogP contribution in [0.4, 0.5) is 4.79 Å². The molecule has 1 atom stereocenters. The highest BCUT2D eigenvalue weighted by atomic mass is 35.5. The Kier molecular flexibility index (Phi) is 14.3. The fourth-order valence-corrected chi connectivity index (χ4v) is 7.65. The first-order valence-electron chi connectivity index (χ1n) is 18.1. The van der Waals surface area contributed by atoms with Crippen LogP contribution in [0.15, 0.2) is 60.7 Å². The molecule has 54 heavy (non-hydrogen) atoms. The summed E-state index contributed by atoms with van der Waals surface area (Å²) in [6.45, 7) is 5.26. The minimum atomic E-state index is -0.520. The summed E-state index contributed by atoms with van der Waals surface area (Å²) in [7, 11) is 7.73. The molecule has 0 saturated carbocycles. The zero-order chi connectivity index (χ0) is 38.8. The van der Waals surface area contributed by atoms with Crippen molar-refractivity contribution in [2.24, 2.45) is 0 Å². The van der Waals surface area contributed by atoms with Gasteiger partial charge in [-0.1, -0.05) is 59.6 Å². The van der Waals surface area contributed by atoms with Crippen LogP contribution < -0.4 is 19.5 Å². The zero-order valence-electron chi connectivity index (χ0n) is 31.7. The number of likely N-dealkylation sites (N-methyl/N-ethyl adjacent to an activating group) is 1. The standard InChI is InChI=1S/C40H51Cl2N5O7/c1-44(38(49)30-24-34(51-2)37(54-5)35(25-30)52-3)26-29(28-11-12-32(41)33(42)23-28)13-16-45-17-14-40(15-18-45,31-9-7-6-8-10-31)43-39(50)47-21-19-46(20-22-47)27-36(48)53-4/h6-12,23-25,29H,13-22,26-27H2,1-5H3,(H,43,50). The molecule has 3 amide bonds. The van der Waals surface area contributed by atoms with Gasteiger partial charge >= 0.3 is 12.0 Å². The van der Waals surface area contributed by atoms with Crippen LogP contribution in [0, 0.1) is 0 Å². The zero-order valence-corrected chi connectivity index (χ0v) is 33.3. The van der Waals surface area contributed by atoms with Crippen molar-refractivity contribution >= 4 is 41.1 Å². The molecule has 292 valence electrons. The van der Waals surface area contributed by atoms with Gasteiger partial charge in [0.1, 0.15) is 0 Å². The van der Waals surface area contributed by atoms with E-state index in [1.165, 1.54) is 28.4 Å². The number of ether oxygens (including phenoxy) is 4. The number of piperidine rings is 1. The van der Waals surface area contributed by atoms with Crippen LogP contribution in [-0.4, -0.2) is 132 Å². The number of piperazine rings is 1. The summed E-state index contributed by atoms with van der Waals surface area (Å²) in [5, 5.41) is 4.37. The highest BCUT2D eigenvalue weighted by Gasteiger charge is 2.39. The smallest absolute Gasteiger partial charge is 0.319 e. The van der Waals surface area contributed by atoms with Crippen molar-refractivity contribution in [3.63, 3.8) is 0 Å². The molecule has 3 aromatic rings. The number of nitrogens with one attached hydrogen (secondary N) is 1. The first-order chi connectivity index (χ1) is 26.0. The Bertz CT molecular complexity index is 1720. The quantitative estimate of drug-likeness (QED) is 0.204. The van der Waals surface area contributed by atoms with Crippen molar-refractivity contribution in [2.45, 2.75) is 30.7 Å². The van der Waals surface area contributed by atoms with E-state index in [9.17, 15) is 14.4 Å². The molecular weight excluding hydrogens is 733 g/mol. The number of methoxy groups -OCH3 is 4. The van der Waals surface area contributed by atoms with Gasteiger partial charge < -0.3 is 39.0 Å². The third kappa shape index (κ3) is 9.89. The number of benzene rings is 3. The predicted octanol–water partition coefficient (Wildman–Crippen LogP) is 5.76. The topological polar surface area (TPSA) is 113 Å². The fraction of sp³-hybridized carbons (Fsp3) is 0.475. The Balaban J connectivity index is 1.26. The molecule has 0 spiro atoms. The minimum absolute atomic E-state index is 0.0471. The molecule has 5 rings (SSSR count). The fourth-order valence-electron chi connectivity index (χ4n) is 7.35. The molecule has 2 aliphatic heterocycles. The molecule has 2 aliphatic rings. The van der Waals surface area contributed by atoms with Crippen LogP contribution in [0.2, 0.25) is 10.0 Å². The van der Waals surface area contributed by atoms with E-state index in [-0.39, 0.29) is 30.4 Å². The van der Waals surface area contributed by atoms with E-state index >= 15 is 0 Å². The predicted molar refractivity (Wildman–Crippen MR) is 209 cm³/mol. The Morgan fingerprint density at radius 3 is 2.04 bits per heavy atom. The highest BCUT2D eigenvalue weighted by molar-refractivity contribution is 6.42. The van der Waals surface area contributed by atoms with Crippen LogP contribution in [0.1, 0.15) is 46.7 Å². The molecule has 2 heterocycles. The van der Waals surface area contributed by atoms with Crippen LogP contribution in [0.5, 0.6) is 17.2 Å². The van der Waals surface area contributed by atoms with E-state index in [0.29, 0.717) is 65.6 Å². The van der Waals surface area contributed by atoms with E-state index in [2.05, 4.69) is 22.3 Å². The number of carbonyl (C=O) groups is 3. The molecule has 0 aliphatic carbocycles. The van der Waals surface area contributed by atoms with Crippen LogP contribution in [0.25, 0.3) is 0 Å². The summed E-state index contributed by atoms with van der Waals surface area (Å²) < 4.78 is 21.2. The van der Waals surface area contributed by atoms with Crippen LogP contribution in [0.3, 0.4) is 0 Å². The van der Waals surface area contributed by atoms with Gasteiger partial charge in [-0.15, -0.1) is 0 Å². The van der Waals surface area contributed by atoms with Gasteiger partial charge in [-0.3, -0.25) is 14.5 Å². The SMILES string of the molecule is COC(=O)CN1CCN(C(=O)NC2(c3ccccc3)CCN(CCC(CN(C)C(=O)c3cc(OC)c(OC)c(OC)c3)c3ccc(Cl)c(Cl)c3)CC2)CC1. The van der Waals surface area contributed by atoms with Gasteiger partial charge in [0.15, 0.2) is 11.5 Å². The van der Waals surface area contributed by atoms with Crippen molar-refractivity contribution in [3.8, 4) is 17.2 Å². The molecule has 14 heteroatoms. The van der Waals surface area contributed by atoms with Gasteiger partial charge in [0.2, 0.25) is 5.75 Å². The number of halogens is 2. The number of hydrogen-bond donors (Lipinski definition) is 1. The third-order valence-corrected chi connectivity index (χ3v) is 11.3. The summed E-state index contributed by atoms with van der Waals surface area (Å²) in [5.41, 5.74) is 1.97. The van der Waals surface area contributed by atoms with Crippen molar-refractivity contribution < 1.29 is 33.3 Å². The van der Waals surface area contributed by atoms with Crippen molar-refractivity contribution in [1.29, 1.82) is 0 Å². The monoisotopic (exact) mass is 783 g/mol. The summed E-state index contributed by atoms with van der Waals surface area (Å²) in [5.74, 6) is 0.712. The molecule has 3 aromatic carbocycles. The molecule has 0 bridgehead atoms. The minimum Gasteiger partial charge on any atom is -0.493 e. The van der Waals surface area contributed by atoms with Crippen molar-refractivity contribution in [2.75, 3.05) is 94.4 Å². The molecular formula is C40H51Cl2N5O7. The summed E-state index contributed by atoms with van der Waals surface area (Å²) in [4.78, 5) is 47.2. The molecule has 1 N–H and O–H groups in total. The average molecular weight is 785 g/mol. The Labute approximate surface area is 328 Å². The third-order valence-electron chi connectivity index (χ3n) is 10.6. The van der Waals surface area contributed by atoms with Crippen molar-refractivity contribution in [3.05, 3.63) is 87.4 Å². The number of rotatable bonds is 14. The number of esters is 1. The summed E-state index contributed by atoms with van der Waals surface area (Å²) >= 11 is 12.8. The maximum absolute atomic E-state index is 13.8. The van der Waals surface area contributed by atoms with Crippen LogP contribution >= 0.6 is 23.2 Å². The molecule has 0 aromatic heterocycles. The summed E-state index contributed by atoms with van der Waals surface area (Å²) in [6, 6.07) is 19.1. The lowest BCUT2D eigenvalue weighted by molar-refractivity contribution is -0.142. The van der Waals surface area contributed by atoms with Gasteiger partial charge in [-0.2, -0.15) is 0 Å². The first kappa shape index (κ1) is 40.9. The Hall–Kier alpha value is -4.23. The van der Waals surface area contributed by atoms with Crippen LogP contribution in [-0.2, 0) is 15.1 Å². The number of carbonyl (C=O) groups excluding carboxylic acids is 3. The van der Waals surface area contributed by atoms with E-state index < -0.39 is 5.54 Å². The van der Waals surface area contributed by atoms with Gasteiger partial charge in [-0.25, -0.2) is 4.79 Å². The average Bonchev–Trinajstić information content (AvgIpc) is 3.20. The lowest BCUT2D eigenvalue weighted by Crippen LogP contribution is -2.59. The second-order valence-electron chi connectivity index (χ2n) is 13.8. The normalized spacial score (nSPS) is 16.6. The largest absolute Gasteiger partial charge is 0.493 e. The van der Waals surface area contributed by atoms with Gasteiger partial charge in [0.05, 0.1) is 50.6 Å².